The maximum atomic E-state index is 12.9. The molecule has 0 fully saturated rings. The lowest BCUT2D eigenvalue weighted by Gasteiger charge is -2.16. The van der Waals surface area contributed by atoms with Gasteiger partial charge in [0.2, 0.25) is 0 Å². The van der Waals surface area contributed by atoms with E-state index in [9.17, 15) is 9.59 Å². The van der Waals surface area contributed by atoms with E-state index in [-0.39, 0.29) is 17.0 Å². The van der Waals surface area contributed by atoms with Crippen molar-refractivity contribution in [1.29, 1.82) is 0 Å². The maximum absolute atomic E-state index is 12.9. The molecule has 0 saturated heterocycles. The minimum absolute atomic E-state index is 0.202. The first kappa shape index (κ1) is 17.6. The lowest BCUT2D eigenvalue weighted by molar-refractivity contribution is 0.101. The zero-order valence-electron chi connectivity index (χ0n) is 15.1. The minimum Gasteiger partial charge on any atom is -0.350 e. The smallest absolute Gasteiger partial charge is 0.291 e. The van der Waals surface area contributed by atoms with E-state index in [4.69, 9.17) is 0 Å². The summed E-state index contributed by atoms with van der Waals surface area (Å²) in [5.41, 5.74) is 3.44. The lowest BCUT2D eigenvalue weighted by Crippen LogP contribution is -2.28. The highest BCUT2D eigenvalue weighted by Crippen LogP contribution is 2.27. The molecule has 1 heterocycles. The van der Waals surface area contributed by atoms with Crippen molar-refractivity contribution in [2.45, 2.75) is 27.3 Å². The molecule has 5 heteroatoms. The van der Waals surface area contributed by atoms with E-state index in [1.807, 2.05) is 68.4 Å². The predicted octanol–water partition coefficient (Wildman–Crippen LogP) is 4.18. The van der Waals surface area contributed by atoms with E-state index in [0.717, 1.165) is 16.8 Å². The molecule has 0 aliphatic heterocycles. The van der Waals surface area contributed by atoms with Crippen molar-refractivity contribution in [2.75, 3.05) is 5.32 Å². The highest BCUT2D eigenvalue weighted by Gasteiger charge is 2.21. The molecule has 0 saturated carbocycles. The minimum atomic E-state index is -0.307. The number of rotatable bonds is 5. The van der Waals surface area contributed by atoms with Crippen molar-refractivity contribution < 1.29 is 4.79 Å². The number of Topliss-reactive ketones (excluding diaryl/α,β-unsaturated/α-hetero) is 1. The summed E-state index contributed by atoms with van der Waals surface area (Å²) < 4.78 is 1.38. The van der Waals surface area contributed by atoms with Gasteiger partial charge >= 0.3 is 0 Å². The molecule has 0 spiro atoms. The van der Waals surface area contributed by atoms with Crippen LogP contribution in [0.5, 0.6) is 0 Å². The van der Waals surface area contributed by atoms with Gasteiger partial charge in [-0.15, -0.1) is 0 Å². The Morgan fingerprint density at radius 2 is 1.73 bits per heavy atom. The molecular weight excluding hydrogens is 326 g/mol. The Balaban J connectivity index is 2.25. The van der Waals surface area contributed by atoms with Gasteiger partial charge in [0.25, 0.3) is 5.56 Å². The van der Waals surface area contributed by atoms with E-state index in [0.29, 0.717) is 17.8 Å². The van der Waals surface area contributed by atoms with Crippen molar-refractivity contribution in [3.63, 3.8) is 0 Å². The zero-order valence-corrected chi connectivity index (χ0v) is 15.1. The Morgan fingerprint density at radius 3 is 2.31 bits per heavy atom. The molecule has 26 heavy (non-hydrogen) atoms. The molecule has 0 aliphatic rings. The van der Waals surface area contributed by atoms with Crippen LogP contribution in [0.1, 0.15) is 29.8 Å². The van der Waals surface area contributed by atoms with Crippen molar-refractivity contribution in [3.8, 4) is 11.3 Å². The summed E-state index contributed by atoms with van der Waals surface area (Å²) in [5.74, 6) is -0.202. The molecule has 0 bridgehead atoms. The van der Waals surface area contributed by atoms with Crippen LogP contribution >= 0.6 is 0 Å². The van der Waals surface area contributed by atoms with E-state index in [1.54, 1.807) is 0 Å². The Bertz CT molecular complexity index is 990. The Kier molecular flexibility index (Phi) is 4.98. The Labute approximate surface area is 152 Å². The molecule has 132 valence electrons. The van der Waals surface area contributed by atoms with Crippen LogP contribution in [0.15, 0.2) is 59.4 Å². The second-order valence-electron chi connectivity index (χ2n) is 6.13. The predicted molar refractivity (Wildman–Crippen MR) is 104 cm³/mol. The third-order valence-corrected chi connectivity index (χ3v) is 4.18. The number of benzene rings is 2. The maximum Gasteiger partial charge on any atom is 0.291 e. The van der Waals surface area contributed by atoms with Gasteiger partial charge in [0, 0.05) is 17.8 Å². The summed E-state index contributed by atoms with van der Waals surface area (Å²) in [7, 11) is 0. The normalized spacial score (nSPS) is 10.6. The number of anilines is 2. The summed E-state index contributed by atoms with van der Waals surface area (Å²) >= 11 is 0. The molecular formula is C21H21N3O2. The van der Waals surface area contributed by atoms with Gasteiger partial charge < -0.3 is 5.32 Å². The van der Waals surface area contributed by atoms with Gasteiger partial charge in [0.15, 0.2) is 5.78 Å². The van der Waals surface area contributed by atoms with Crippen LogP contribution in [0.4, 0.5) is 11.4 Å². The third kappa shape index (κ3) is 3.42. The average molecular weight is 347 g/mol. The standard InChI is InChI=1S/C21H21N3O2/c1-4-24-21(26)20(22-17-12-10-14(2)11-13-17)18(15(3)25)19(23-24)16-8-6-5-7-9-16/h5-13,22H,4H2,1-3H3. The van der Waals surface area contributed by atoms with Crippen LogP contribution in [0.3, 0.4) is 0 Å². The third-order valence-electron chi connectivity index (χ3n) is 4.18. The number of carbonyl (C=O) groups is 1. The number of nitrogens with zero attached hydrogens (tertiary/aromatic N) is 2. The van der Waals surface area contributed by atoms with Crippen molar-refractivity contribution in [1.82, 2.24) is 9.78 Å². The monoisotopic (exact) mass is 347 g/mol. The number of nitrogens with one attached hydrogen (secondary N) is 1. The highest BCUT2D eigenvalue weighted by atomic mass is 16.1. The first-order chi connectivity index (χ1) is 12.5. The molecule has 1 N–H and O–H groups in total. The molecule has 1 aromatic heterocycles. The van der Waals surface area contributed by atoms with E-state index >= 15 is 0 Å². The van der Waals surface area contributed by atoms with Gasteiger partial charge in [-0.3, -0.25) is 9.59 Å². The largest absolute Gasteiger partial charge is 0.350 e. The number of hydrogen-bond acceptors (Lipinski definition) is 4. The van der Waals surface area contributed by atoms with Gasteiger partial charge in [-0.2, -0.15) is 5.10 Å². The SMILES string of the molecule is CCn1nc(-c2ccccc2)c(C(C)=O)c(Nc2ccc(C)cc2)c1=O. The molecule has 3 aromatic rings. The van der Waals surface area contributed by atoms with Crippen molar-refractivity contribution in [3.05, 3.63) is 76.1 Å². The van der Waals surface area contributed by atoms with Gasteiger partial charge in [-0.1, -0.05) is 48.0 Å². The van der Waals surface area contributed by atoms with E-state index in [1.165, 1.54) is 11.6 Å². The Hall–Kier alpha value is -3.21. The summed E-state index contributed by atoms with van der Waals surface area (Å²) in [4.78, 5) is 25.3. The first-order valence-corrected chi connectivity index (χ1v) is 8.56. The van der Waals surface area contributed by atoms with Crippen molar-refractivity contribution >= 4 is 17.2 Å². The number of hydrogen-bond donors (Lipinski definition) is 1. The van der Waals surface area contributed by atoms with Crippen LogP contribution in [0.2, 0.25) is 0 Å². The van der Waals surface area contributed by atoms with Crippen LogP contribution in [0.25, 0.3) is 11.3 Å². The fourth-order valence-corrected chi connectivity index (χ4v) is 2.82. The molecule has 0 unspecified atom stereocenters. The van der Waals surface area contributed by atoms with Gasteiger partial charge in [-0.05, 0) is 32.9 Å². The number of ketones is 1. The zero-order chi connectivity index (χ0) is 18.7. The fraction of sp³-hybridized carbons (Fsp3) is 0.190. The number of aryl methyl sites for hydroxylation is 2. The van der Waals surface area contributed by atoms with Crippen LogP contribution in [-0.2, 0) is 6.54 Å². The van der Waals surface area contributed by atoms with E-state index < -0.39 is 0 Å². The summed E-state index contributed by atoms with van der Waals surface area (Å²) in [6.45, 7) is 5.72. The van der Waals surface area contributed by atoms with Crippen LogP contribution in [-0.4, -0.2) is 15.6 Å². The highest BCUT2D eigenvalue weighted by molar-refractivity contribution is 6.05. The Morgan fingerprint density at radius 1 is 1.08 bits per heavy atom. The number of aromatic nitrogens is 2. The fourth-order valence-electron chi connectivity index (χ4n) is 2.82. The average Bonchev–Trinajstić information content (AvgIpc) is 2.65. The quantitative estimate of drug-likeness (QED) is 0.703. The molecule has 2 aromatic carbocycles. The van der Waals surface area contributed by atoms with Crippen LogP contribution < -0.4 is 10.9 Å². The molecule has 0 aliphatic carbocycles. The summed E-state index contributed by atoms with van der Waals surface area (Å²) in [5, 5.41) is 7.58. The molecule has 0 amide bonds. The van der Waals surface area contributed by atoms with Gasteiger partial charge in [-0.25, -0.2) is 4.68 Å². The first-order valence-electron chi connectivity index (χ1n) is 8.56. The van der Waals surface area contributed by atoms with Gasteiger partial charge in [0.1, 0.15) is 11.4 Å². The van der Waals surface area contributed by atoms with Crippen LogP contribution in [0, 0.1) is 6.92 Å². The summed E-state index contributed by atoms with van der Waals surface area (Å²) in [6.07, 6.45) is 0. The second-order valence-corrected chi connectivity index (χ2v) is 6.13. The van der Waals surface area contributed by atoms with E-state index in [2.05, 4.69) is 10.4 Å². The summed E-state index contributed by atoms with van der Waals surface area (Å²) in [6, 6.07) is 17.1. The van der Waals surface area contributed by atoms with Gasteiger partial charge in [0.05, 0.1) is 5.56 Å². The molecule has 0 radical (unpaired) electrons. The molecule has 0 atom stereocenters. The topological polar surface area (TPSA) is 64.0 Å². The second kappa shape index (κ2) is 7.35. The molecule has 5 nitrogen and oxygen atoms in total. The van der Waals surface area contributed by atoms with Crippen molar-refractivity contribution in [2.24, 2.45) is 0 Å². The molecule has 3 rings (SSSR count). The number of carbonyl (C=O) groups excluding carboxylic acids is 1. The lowest BCUT2D eigenvalue weighted by atomic mass is 10.0.